The molecule has 0 saturated heterocycles. The van der Waals surface area contributed by atoms with Gasteiger partial charge in [-0.1, -0.05) is 41.4 Å². The zero-order chi connectivity index (χ0) is 15.1. The Bertz CT molecular complexity index is 596. The smallest absolute Gasteiger partial charge is 0.259 e. The van der Waals surface area contributed by atoms with E-state index in [4.69, 9.17) is 4.74 Å². The first kappa shape index (κ1) is 15.6. The molecule has 110 valence electrons. The van der Waals surface area contributed by atoms with Crippen LogP contribution in [-0.4, -0.2) is 12.5 Å². The zero-order valence-corrected chi connectivity index (χ0v) is 13.5. The molecular weight excluding hydrogens is 330 g/mol. The highest BCUT2D eigenvalue weighted by Gasteiger charge is 2.12. The highest BCUT2D eigenvalue weighted by atomic mass is 79.9. The molecule has 0 unspecified atom stereocenters. The van der Waals surface area contributed by atoms with E-state index in [1.54, 1.807) is 6.07 Å². The number of unbranched alkanes of at least 4 members (excludes halogenated alkanes) is 1. The third kappa shape index (κ3) is 4.60. The predicted octanol–water partition coefficient (Wildman–Crippen LogP) is 4.88. The number of halogens is 1. The van der Waals surface area contributed by atoms with Crippen molar-refractivity contribution in [2.75, 3.05) is 11.9 Å². The average Bonchev–Trinajstić information content (AvgIpc) is 2.50. The van der Waals surface area contributed by atoms with Crippen molar-refractivity contribution in [1.82, 2.24) is 0 Å². The third-order valence-corrected chi connectivity index (χ3v) is 3.52. The Morgan fingerprint density at radius 3 is 2.57 bits per heavy atom. The summed E-state index contributed by atoms with van der Waals surface area (Å²) in [5.41, 5.74) is 1.31. The fourth-order valence-electron chi connectivity index (χ4n) is 1.84. The topological polar surface area (TPSA) is 38.3 Å². The maximum Gasteiger partial charge on any atom is 0.259 e. The number of carbonyl (C=O) groups excluding carboxylic acids is 1. The van der Waals surface area contributed by atoms with E-state index in [0.717, 1.165) is 23.0 Å². The first-order chi connectivity index (χ1) is 10.2. The van der Waals surface area contributed by atoms with E-state index >= 15 is 0 Å². The highest BCUT2D eigenvalue weighted by Crippen LogP contribution is 2.21. The second kappa shape index (κ2) is 7.84. The Labute approximate surface area is 133 Å². The van der Waals surface area contributed by atoms with Crippen LogP contribution < -0.4 is 10.1 Å². The van der Waals surface area contributed by atoms with Crippen LogP contribution in [0.1, 0.15) is 30.1 Å². The number of benzene rings is 2. The molecule has 0 aliphatic heterocycles. The number of carbonyl (C=O) groups is 1. The highest BCUT2D eigenvalue weighted by molar-refractivity contribution is 9.10. The van der Waals surface area contributed by atoms with E-state index in [9.17, 15) is 4.79 Å². The number of anilines is 1. The summed E-state index contributed by atoms with van der Waals surface area (Å²) < 4.78 is 6.66. The van der Waals surface area contributed by atoms with E-state index < -0.39 is 0 Å². The number of hydrogen-bond donors (Lipinski definition) is 1. The minimum atomic E-state index is -0.163. The van der Waals surface area contributed by atoms with Crippen molar-refractivity contribution in [3.8, 4) is 5.75 Å². The minimum Gasteiger partial charge on any atom is -0.493 e. The van der Waals surface area contributed by atoms with Crippen molar-refractivity contribution < 1.29 is 9.53 Å². The Kier molecular flexibility index (Phi) is 5.81. The molecular formula is C17H18BrNO2. The SMILES string of the molecule is CCCCOc1ccccc1C(=O)Nc1ccc(Br)cc1. The fraction of sp³-hybridized carbons (Fsp3) is 0.235. The molecule has 21 heavy (non-hydrogen) atoms. The maximum atomic E-state index is 12.3. The quantitative estimate of drug-likeness (QED) is 0.756. The molecule has 0 aliphatic carbocycles. The predicted molar refractivity (Wildman–Crippen MR) is 88.9 cm³/mol. The van der Waals surface area contributed by atoms with Gasteiger partial charge in [-0.25, -0.2) is 0 Å². The van der Waals surface area contributed by atoms with Gasteiger partial charge in [0, 0.05) is 10.2 Å². The van der Waals surface area contributed by atoms with E-state index in [2.05, 4.69) is 28.2 Å². The Hall–Kier alpha value is -1.81. The summed E-state index contributed by atoms with van der Waals surface area (Å²) in [5.74, 6) is 0.463. The molecule has 2 aromatic carbocycles. The molecule has 3 nitrogen and oxygen atoms in total. The van der Waals surface area contributed by atoms with Crippen LogP contribution in [0.5, 0.6) is 5.75 Å². The van der Waals surface area contributed by atoms with Gasteiger partial charge in [0.2, 0.25) is 0 Å². The van der Waals surface area contributed by atoms with Gasteiger partial charge in [0.05, 0.1) is 12.2 Å². The Morgan fingerprint density at radius 2 is 1.86 bits per heavy atom. The number of hydrogen-bond acceptors (Lipinski definition) is 2. The lowest BCUT2D eigenvalue weighted by Crippen LogP contribution is -2.13. The standard InChI is InChI=1S/C17H18BrNO2/c1-2-3-12-21-16-7-5-4-6-15(16)17(20)19-14-10-8-13(18)9-11-14/h4-11H,2-3,12H2,1H3,(H,19,20). The normalized spacial score (nSPS) is 10.2. The third-order valence-electron chi connectivity index (χ3n) is 2.99. The molecule has 0 heterocycles. The van der Waals surface area contributed by atoms with Gasteiger partial charge >= 0.3 is 0 Å². The van der Waals surface area contributed by atoms with Crippen LogP contribution in [-0.2, 0) is 0 Å². The summed E-state index contributed by atoms with van der Waals surface area (Å²) in [7, 11) is 0. The first-order valence-electron chi connectivity index (χ1n) is 6.99. The molecule has 2 aromatic rings. The molecule has 0 aliphatic rings. The van der Waals surface area contributed by atoms with Crippen molar-refractivity contribution in [3.05, 3.63) is 58.6 Å². The molecule has 0 radical (unpaired) electrons. The molecule has 0 fully saturated rings. The number of nitrogens with one attached hydrogen (secondary N) is 1. The van der Waals surface area contributed by atoms with Crippen LogP contribution in [0.25, 0.3) is 0 Å². The van der Waals surface area contributed by atoms with E-state index in [1.807, 2.05) is 42.5 Å². The average molecular weight is 348 g/mol. The first-order valence-corrected chi connectivity index (χ1v) is 7.78. The van der Waals surface area contributed by atoms with Gasteiger partial charge in [-0.2, -0.15) is 0 Å². The van der Waals surface area contributed by atoms with Crippen LogP contribution in [0.3, 0.4) is 0 Å². The Balaban J connectivity index is 2.09. The second-order valence-corrected chi connectivity index (χ2v) is 5.57. The summed E-state index contributed by atoms with van der Waals surface area (Å²) in [6, 6.07) is 14.8. The van der Waals surface area contributed by atoms with Gasteiger partial charge in [-0.3, -0.25) is 4.79 Å². The molecule has 0 saturated carbocycles. The van der Waals surface area contributed by atoms with E-state index in [0.29, 0.717) is 17.9 Å². The lowest BCUT2D eigenvalue weighted by atomic mass is 10.2. The molecule has 1 N–H and O–H groups in total. The summed E-state index contributed by atoms with van der Waals surface area (Å²) in [6.45, 7) is 2.73. The van der Waals surface area contributed by atoms with Crippen LogP contribution in [0.4, 0.5) is 5.69 Å². The van der Waals surface area contributed by atoms with Gasteiger partial charge in [-0.15, -0.1) is 0 Å². The number of ether oxygens (including phenoxy) is 1. The number of rotatable bonds is 6. The van der Waals surface area contributed by atoms with Gasteiger partial charge in [0.15, 0.2) is 0 Å². The van der Waals surface area contributed by atoms with Crippen molar-refractivity contribution in [2.45, 2.75) is 19.8 Å². The molecule has 4 heteroatoms. The van der Waals surface area contributed by atoms with Gasteiger partial charge in [0.1, 0.15) is 5.75 Å². The van der Waals surface area contributed by atoms with Gasteiger partial charge in [-0.05, 0) is 42.8 Å². The molecule has 1 amide bonds. The summed E-state index contributed by atoms with van der Waals surface area (Å²) in [5, 5.41) is 2.88. The molecule has 0 aromatic heterocycles. The van der Waals surface area contributed by atoms with E-state index in [-0.39, 0.29) is 5.91 Å². The Morgan fingerprint density at radius 1 is 1.14 bits per heavy atom. The number of amides is 1. The monoisotopic (exact) mass is 347 g/mol. The molecule has 0 atom stereocenters. The summed E-state index contributed by atoms with van der Waals surface area (Å²) in [4.78, 5) is 12.3. The van der Waals surface area contributed by atoms with Crippen LogP contribution >= 0.6 is 15.9 Å². The van der Waals surface area contributed by atoms with Crippen LogP contribution in [0, 0.1) is 0 Å². The summed E-state index contributed by atoms with van der Waals surface area (Å²) in [6.07, 6.45) is 2.04. The maximum absolute atomic E-state index is 12.3. The van der Waals surface area contributed by atoms with Crippen molar-refractivity contribution >= 4 is 27.5 Å². The second-order valence-electron chi connectivity index (χ2n) is 4.66. The summed E-state index contributed by atoms with van der Waals surface area (Å²) >= 11 is 3.37. The number of para-hydroxylation sites is 1. The van der Waals surface area contributed by atoms with Gasteiger partial charge in [0.25, 0.3) is 5.91 Å². The van der Waals surface area contributed by atoms with Crippen molar-refractivity contribution in [2.24, 2.45) is 0 Å². The lowest BCUT2D eigenvalue weighted by Gasteiger charge is -2.11. The molecule has 0 spiro atoms. The molecule has 0 bridgehead atoms. The fourth-order valence-corrected chi connectivity index (χ4v) is 2.10. The van der Waals surface area contributed by atoms with Crippen LogP contribution in [0.2, 0.25) is 0 Å². The zero-order valence-electron chi connectivity index (χ0n) is 11.9. The minimum absolute atomic E-state index is 0.163. The van der Waals surface area contributed by atoms with Crippen LogP contribution in [0.15, 0.2) is 53.0 Å². The van der Waals surface area contributed by atoms with Gasteiger partial charge < -0.3 is 10.1 Å². The van der Waals surface area contributed by atoms with Crippen molar-refractivity contribution in [1.29, 1.82) is 0 Å². The largest absolute Gasteiger partial charge is 0.493 e. The lowest BCUT2D eigenvalue weighted by molar-refractivity contribution is 0.102. The van der Waals surface area contributed by atoms with Crippen molar-refractivity contribution in [3.63, 3.8) is 0 Å². The molecule has 2 rings (SSSR count). The van der Waals surface area contributed by atoms with E-state index in [1.165, 1.54) is 0 Å².